The number of amides is 2. The molecular formula is C19H23N3O5S. The van der Waals surface area contributed by atoms with Gasteiger partial charge in [-0.05, 0) is 38.0 Å². The molecule has 8 nitrogen and oxygen atoms in total. The summed E-state index contributed by atoms with van der Waals surface area (Å²) < 4.78 is 31.8. The van der Waals surface area contributed by atoms with Crippen molar-refractivity contribution in [2.75, 3.05) is 29.7 Å². The molecule has 0 unspecified atom stereocenters. The predicted octanol–water partition coefficient (Wildman–Crippen LogP) is 1.13. The van der Waals surface area contributed by atoms with Gasteiger partial charge in [-0.3, -0.25) is 13.9 Å². The van der Waals surface area contributed by atoms with Gasteiger partial charge in [-0.1, -0.05) is 18.2 Å². The quantitative estimate of drug-likeness (QED) is 0.718. The highest BCUT2D eigenvalue weighted by Crippen LogP contribution is 2.29. The van der Waals surface area contributed by atoms with E-state index >= 15 is 0 Å². The number of nitrogens with one attached hydrogen (secondary N) is 2. The Morgan fingerprint density at radius 3 is 2.64 bits per heavy atom. The van der Waals surface area contributed by atoms with E-state index in [0.29, 0.717) is 35.7 Å². The van der Waals surface area contributed by atoms with Gasteiger partial charge in [0, 0.05) is 13.1 Å². The molecule has 0 radical (unpaired) electrons. The van der Waals surface area contributed by atoms with Crippen LogP contribution in [0.15, 0.2) is 34.7 Å². The SMILES string of the molecule is Cc1cc(C(=O)NCC(=O)NCCS(=O)(=O)N2CCc3ccccc32)c(C)o1. The molecule has 1 aromatic heterocycles. The van der Waals surface area contributed by atoms with Gasteiger partial charge in [0.05, 0.1) is 23.5 Å². The Morgan fingerprint density at radius 2 is 1.93 bits per heavy atom. The molecule has 0 aliphatic carbocycles. The molecular weight excluding hydrogens is 382 g/mol. The van der Waals surface area contributed by atoms with Crippen LogP contribution in [0.1, 0.15) is 27.4 Å². The Hall–Kier alpha value is -2.81. The zero-order valence-electron chi connectivity index (χ0n) is 15.8. The number of nitrogens with zero attached hydrogens (tertiary/aromatic N) is 1. The minimum Gasteiger partial charge on any atom is -0.466 e. The van der Waals surface area contributed by atoms with Gasteiger partial charge in [-0.25, -0.2) is 8.42 Å². The summed E-state index contributed by atoms with van der Waals surface area (Å²) in [5, 5.41) is 5.03. The highest BCUT2D eigenvalue weighted by molar-refractivity contribution is 7.92. The Balaban J connectivity index is 1.46. The number of aryl methyl sites for hydroxylation is 2. The highest BCUT2D eigenvalue weighted by Gasteiger charge is 2.28. The number of para-hydroxylation sites is 1. The first-order valence-corrected chi connectivity index (χ1v) is 10.6. The van der Waals surface area contributed by atoms with Crippen molar-refractivity contribution >= 4 is 27.5 Å². The van der Waals surface area contributed by atoms with Gasteiger partial charge in [-0.15, -0.1) is 0 Å². The maximum absolute atomic E-state index is 12.6. The zero-order valence-corrected chi connectivity index (χ0v) is 16.6. The predicted molar refractivity (Wildman–Crippen MR) is 105 cm³/mol. The van der Waals surface area contributed by atoms with Gasteiger partial charge in [0.25, 0.3) is 5.91 Å². The number of rotatable bonds is 7. The van der Waals surface area contributed by atoms with Crippen LogP contribution < -0.4 is 14.9 Å². The molecule has 2 heterocycles. The van der Waals surface area contributed by atoms with Crippen molar-refractivity contribution in [3.8, 4) is 0 Å². The molecule has 9 heteroatoms. The van der Waals surface area contributed by atoms with Crippen LogP contribution in [0.5, 0.6) is 0 Å². The summed E-state index contributed by atoms with van der Waals surface area (Å²) in [6.07, 6.45) is 0.681. The van der Waals surface area contributed by atoms with Crippen molar-refractivity contribution in [1.29, 1.82) is 0 Å². The van der Waals surface area contributed by atoms with Crippen LogP contribution in [-0.4, -0.2) is 45.6 Å². The maximum atomic E-state index is 12.6. The van der Waals surface area contributed by atoms with Crippen molar-refractivity contribution in [3.63, 3.8) is 0 Å². The summed E-state index contributed by atoms with van der Waals surface area (Å²) in [4.78, 5) is 24.0. The number of benzene rings is 1. The minimum absolute atomic E-state index is 0.0282. The highest BCUT2D eigenvalue weighted by atomic mass is 32.2. The number of carbonyl (C=O) groups excluding carboxylic acids is 2. The van der Waals surface area contributed by atoms with E-state index in [1.54, 1.807) is 32.0 Å². The summed E-state index contributed by atoms with van der Waals surface area (Å²) in [5.41, 5.74) is 2.08. The standard InChI is InChI=1S/C19H23N3O5S/c1-13-11-16(14(2)27-13)19(24)21-12-18(23)20-8-10-28(25,26)22-9-7-15-5-3-4-6-17(15)22/h3-6,11H,7-10,12H2,1-2H3,(H,20,23)(H,21,24). The lowest BCUT2D eigenvalue weighted by molar-refractivity contribution is -0.120. The first-order chi connectivity index (χ1) is 13.3. The molecule has 1 aliphatic heterocycles. The average molecular weight is 405 g/mol. The smallest absolute Gasteiger partial charge is 0.255 e. The van der Waals surface area contributed by atoms with Crippen molar-refractivity contribution in [3.05, 3.63) is 53.0 Å². The van der Waals surface area contributed by atoms with Gasteiger partial charge in [-0.2, -0.15) is 0 Å². The largest absolute Gasteiger partial charge is 0.466 e. The fourth-order valence-corrected chi connectivity index (χ4v) is 4.63. The second-order valence-electron chi connectivity index (χ2n) is 6.63. The monoisotopic (exact) mass is 405 g/mol. The van der Waals surface area contributed by atoms with Gasteiger partial charge in [0.2, 0.25) is 15.9 Å². The van der Waals surface area contributed by atoms with Gasteiger partial charge < -0.3 is 15.1 Å². The van der Waals surface area contributed by atoms with Crippen LogP contribution in [0.25, 0.3) is 0 Å². The Kier molecular flexibility index (Phi) is 5.73. The molecule has 28 heavy (non-hydrogen) atoms. The van der Waals surface area contributed by atoms with Crippen molar-refractivity contribution in [1.82, 2.24) is 10.6 Å². The van der Waals surface area contributed by atoms with Crippen LogP contribution in [-0.2, 0) is 21.2 Å². The second-order valence-corrected chi connectivity index (χ2v) is 8.64. The molecule has 2 aromatic rings. The fourth-order valence-electron chi connectivity index (χ4n) is 3.20. The first-order valence-electron chi connectivity index (χ1n) is 8.98. The Labute approximate surface area is 164 Å². The van der Waals surface area contributed by atoms with Gasteiger partial charge in [0.15, 0.2) is 0 Å². The van der Waals surface area contributed by atoms with E-state index in [4.69, 9.17) is 4.42 Å². The van der Waals surface area contributed by atoms with E-state index in [-0.39, 0.29) is 18.8 Å². The lowest BCUT2D eigenvalue weighted by Crippen LogP contribution is -2.41. The van der Waals surface area contributed by atoms with E-state index < -0.39 is 21.8 Å². The van der Waals surface area contributed by atoms with Crippen LogP contribution >= 0.6 is 0 Å². The molecule has 0 fully saturated rings. The molecule has 1 aliphatic rings. The van der Waals surface area contributed by atoms with Gasteiger partial charge in [0.1, 0.15) is 11.5 Å². The summed E-state index contributed by atoms with van der Waals surface area (Å²) in [7, 11) is -3.53. The molecule has 3 rings (SSSR count). The van der Waals surface area contributed by atoms with Crippen molar-refractivity contribution in [2.45, 2.75) is 20.3 Å². The lowest BCUT2D eigenvalue weighted by atomic mass is 10.2. The average Bonchev–Trinajstić information content (AvgIpc) is 3.22. The molecule has 0 saturated carbocycles. The van der Waals surface area contributed by atoms with Crippen molar-refractivity contribution in [2.24, 2.45) is 0 Å². The molecule has 0 atom stereocenters. The van der Waals surface area contributed by atoms with Gasteiger partial charge >= 0.3 is 0 Å². The second kappa shape index (κ2) is 8.05. The normalized spacial score (nSPS) is 13.3. The number of hydrogen-bond donors (Lipinski definition) is 2. The zero-order chi connectivity index (χ0) is 20.3. The van der Waals surface area contributed by atoms with E-state index in [1.807, 2.05) is 12.1 Å². The van der Waals surface area contributed by atoms with E-state index in [9.17, 15) is 18.0 Å². The first kappa shape index (κ1) is 19.9. The molecule has 2 N–H and O–H groups in total. The van der Waals surface area contributed by atoms with Crippen LogP contribution in [0, 0.1) is 13.8 Å². The molecule has 0 spiro atoms. The molecule has 0 saturated heterocycles. The van der Waals surface area contributed by atoms with Crippen LogP contribution in [0.2, 0.25) is 0 Å². The summed E-state index contributed by atoms with van der Waals surface area (Å²) in [6, 6.07) is 8.99. The van der Waals surface area contributed by atoms with E-state index in [2.05, 4.69) is 10.6 Å². The summed E-state index contributed by atoms with van der Waals surface area (Å²) >= 11 is 0. The summed E-state index contributed by atoms with van der Waals surface area (Å²) in [6.45, 7) is 3.54. The van der Waals surface area contributed by atoms with Crippen LogP contribution in [0.3, 0.4) is 0 Å². The number of furan rings is 1. The summed E-state index contributed by atoms with van der Waals surface area (Å²) in [5.74, 6) is 0.0170. The molecule has 0 bridgehead atoms. The number of anilines is 1. The van der Waals surface area contributed by atoms with Crippen LogP contribution in [0.4, 0.5) is 5.69 Å². The maximum Gasteiger partial charge on any atom is 0.255 e. The minimum atomic E-state index is -3.53. The number of hydrogen-bond acceptors (Lipinski definition) is 5. The number of sulfonamides is 1. The third-order valence-electron chi connectivity index (χ3n) is 4.56. The Morgan fingerprint density at radius 1 is 1.18 bits per heavy atom. The molecule has 150 valence electrons. The fraction of sp³-hybridized carbons (Fsp3) is 0.368. The molecule has 2 amide bonds. The third kappa shape index (κ3) is 4.36. The molecule has 1 aromatic carbocycles. The van der Waals surface area contributed by atoms with E-state index in [0.717, 1.165) is 5.56 Å². The Bertz CT molecular complexity index is 997. The number of carbonyl (C=O) groups is 2. The van der Waals surface area contributed by atoms with E-state index in [1.165, 1.54) is 4.31 Å². The number of fused-ring (bicyclic) bond motifs is 1. The topological polar surface area (TPSA) is 109 Å². The van der Waals surface area contributed by atoms with Crippen molar-refractivity contribution < 1.29 is 22.4 Å². The third-order valence-corrected chi connectivity index (χ3v) is 6.33. The lowest BCUT2D eigenvalue weighted by Gasteiger charge is -2.19.